The van der Waals surface area contributed by atoms with Gasteiger partial charge in [0, 0.05) is 13.1 Å². The molecule has 3 rings (SSSR count). The number of anilines is 2. The van der Waals surface area contributed by atoms with Crippen LogP contribution in [0.2, 0.25) is 0 Å². The van der Waals surface area contributed by atoms with Gasteiger partial charge in [-0.3, -0.25) is 4.72 Å². The Labute approximate surface area is 175 Å². The van der Waals surface area contributed by atoms with E-state index in [-0.39, 0.29) is 29.2 Å². The molecule has 0 amide bonds. The number of sulfonamides is 1. The number of β-amino-alcohol motifs (C(OH)–C–C–N with tert-alkyl or cyclic N) is 1. The Balaban J connectivity index is 2.09. The van der Waals surface area contributed by atoms with Gasteiger partial charge >= 0.3 is 12.1 Å². The number of hydrogen-bond donors (Lipinski definition) is 3. The Bertz CT molecular complexity index is 1100. The van der Waals surface area contributed by atoms with Gasteiger partial charge in [0.05, 0.1) is 35.7 Å². The Hall–Kier alpha value is -2.99. The summed E-state index contributed by atoms with van der Waals surface area (Å²) >= 11 is 0. The van der Waals surface area contributed by atoms with Gasteiger partial charge in [0.25, 0.3) is 10.0 Å². The van der Waals surface area contributed by atoms with Crippen molar-refractivity contribution < 1.29 is 41.3 Å². The van der Waals surface area contributed by atoms with Crippen LogP contribution in [0.4, 0.5) is 24.5 Å². The zero-order valence-corrected chi connectivity index (χ0v) is 17.0. The Morgan fingerprint density at radius 1 is 1.23 bits per heavy atom. The molecular formula is C19H19F3N2O6S. The SMILES string of the molecule is COc1ccc(C(=O)O)cc1S(=O)(=O)Nc1cc(C(F)(F)F)ccc1N1CCC(O)C1. The Morgan fingerprint density at radius 2 is 1.94 bits per heavy atom. The molecule has 0 bridgehead atoms. The monoisotopic (exact) mass is 460 g/mol. The van der Waals surface area contributed by atoms with Crippen molar-refractivity contribution in [3.8, 4) is 5.75 Å². The predicted molar refractivity (Wildman–Crippen MR) is 105 cm³/mol. The first kappa shape index (κ1) is 22.7. The summed E-state index contributed by atoms with van der Waals surface area (Å²) in [5.74, 6) is -1.56. The second kappa shape index (κ2) is 8.27. The number of rotatable bonds is 6. The topological polar surface area (TPSA) is 116 Å². The van der Waals surface area contributed by atoms with Crippen LogP contribution in [0, 0.1) is 0 Å². The summed E-state index contributed by atoms with van der Waals surface area (Å²) in [6.07, 6.45) is -5.04. The van der Waals surface area contributed by atoms with Crippen LogP contribution in [0.15, 0.2) is 41.3 Å². The zero-order chi connectivity index (χ0) is 23.0. The minimum absolute atomic E-state index is 0.123. The van der Waals surface area contributed by atoms with Crippen molar-refractivity contribution in [2.75, 3.05) is 29.8 Å². The van der Waals surface area contributed by atoms with Crippen LogP contribution in [0.3, 0.4) is 0 Å². The summed E-state index contributed by atoms with van der Waals surface area (Å²) in [4.78, 5) is 12.3. The fourth-order valence-electron chi connectivity index (χ4n) is 3.25. The van der Waals surface area contributed by atoms with E-state index in [2.05, 4.69) is 4.72 Å². The minimum Gasteiger partial charge on any atom is -0.495 e. The van der Waals surface area contributed by atoms with Gasteiger partial charge in [-0.1, -0.05) is 0 Å². The number of halogens is 3. The standard InChI is InChI=1S/C19H19F3N2O6S/c1-30-16-5-2-11(18(26)27)8-17(16)31(28,29)23-14-9-12(19(20,21)22)3-4-15(14)24-7-6-13(25)10-24/h2-5,8-9,13,23,25H,6-7,10H2,1H3,(H,26,27). The summed E-state index contributed by atoms with van der Waals surface area (Å²) in [6, 6.07) is 5.75. The third-order valence-electron chi connectivity index (χ3n) is 4.77. The fourth-order valence-corrected chi connectivity index (χ4v) is 4.51. The molecular weight excluding hydrogens is 441 g/mol. The molecule has 1 aliphatic heterocycles. The second-order valence-electron chi connectivity index (χ2n) is 6.89. The van der Waals surface area contributed by atoms with Gasteiger partial charge in [0.15, 0.2) is 0 Å². The van der Waals surface area contributed by atoms with Crippen LogP contribution in [-0.4, -0.2) is 50.9 Å². The largest absolute Gasteiger partial charge is 0.495 e. The van der Waals surface area contributed by atoms with E-state index < -0.39 is 38.7 Å². The summed E-state index contributed by atoms with van der Waals surface area (Å²) in [7, 11) is -3.36. The number of nitrogens with zero attached hydrogens (tertiary/aromatic N) is 1. The Morgan fingerprint density at radius 3 is 2.48 bits per heavy atom. The molecule has 1 heterocycles. The van der Waals surface area contributed by atoms with Gasteiger partial charge in [-0.2, -0.15) is 13.2 Å². The van der Waals surface area contributed by atoms with Gasteiger partial charge in [-0.25, -0.2) is 13.2 Å². The average molecular weight is 460 g/mol. The number of carboxylic acid groups (broad SMARTS) is 1. The van der Waals surface area contributed by atoms with Gasteiger partial charge < -0.3 is 19.8 Å². The number of aliphatic hydroxyl groups is 1. The van der Waals surface area contributed by atoms with Crippen LogP contribution in [0.5, 0.6) is 5.75 Å². The molecule has 1 saturated heterocycles. The van der Waals surface area contributed by atoms with Crippen LogP contribution < -0.4 is 14.4 Å². The van der Waals surface area contributed by atoms with Crippen LogP contribution >= 0.6 is 0 Å². The smallest absolute Gasteiger partial charge is 0.416 e. The lowest BCUT2D eigenvalue weighted by Crippen LogP contribution is -2.24. The van der Waals surface area contributed by atoms with E-state index in [0.717, 1.165) is 30.3 Å². The third kappa shape index (κ3) is 4.85. The quantitative estimate of drug-likeness (QED) is 0.607. The highest BCUT2D eigenvalue weighted by molar-refractivity contribution is 7.92. The number of carboxylic acids is 1. The maximum Gasteiger partial charge on any atom is 0.416 e. The highest BCUT2D eigenvalue weighted by Gasteiger charge is 2.33. The molecule has 0 radical (unpaired) electrons. The molecule has 12 heteroatoms. The third-order valence-corrected chi connectivity index (χ3v) is 6.16. The molecule has 0 aromatic heterocycles. The lowest BCUT2D eigenvalue weighted by molar-refractivity contribution is -0.137. The van der Waals surface area contributed by atoms with E-state index in [1.807, 2.05) is 0 Å². The number of aromatic carboxylic acids is 1. The molecule has 2 aromatic carbocycles. The zero-order valence-electron chi connectivity index (χ0n) is 16.2. The predicted octanol–water partition coefficient (Wildman–Crippen LogP) is 2.78. The molecule has 0 aliphatic carbocycles. The molecule has 0 spiro atoms. The van der Waals surface area contributed by atoms with Gasteiger partial charge in [0.1, 0.15) is 10.6 Å². The number of methoxy groups -OCH3 is 1. The summed E-state index contributed by atoms with van der Waals surface area (Å²) < 4.78 is 72.9. The van der Waals surface area contributed by atoms with E-state index in [4.69, 9.17) is 9.84 Å². The van der Waals surface area contributed by atoms with Crippen molar-refractivity contribution in [3.05, 3.63) is 47.5 Å². The first-order valence-corrected chi connectivity index (χ1v) is 10.5. The van der Waals surface area contributed by atoms with Crippen molar-refractivity contribution in [2.24, 2.45) is 0 Å². The summed E-state index contributed by atoms with van der Waals surface area (Å²) in [5, 5.41) is 18.9. The Kier molecular flexibility index (Phi) is 6.05. The van der Waals surface area contributed by atoms with E-state index >= 15 is 0 Å². The number of aliphatic hydroxyl groups excluding tert-OH is 1. The molecule has 168 valence electrons. The van der Waals surface area contributed by atoms with E-state index in [9.17, 15) is 31.5 Å². The number of nitrogens with one attached hydrogen (secondary N) is 1. The number of carbonyl (C=O) groups is 1. The summed E-state index contributed by atoms with van der Waals surface area (Å²) in [5.41, 5.74) is -1.61. The van der Waals surface area contributed by atoms with Gasteiger partial charge in [0.2, 0.25) is 0 Å². The molecule has 1 atom stereocenters. The number of ether oxygens (including phenoxy) is 1. The number of hydrogen-bond acceptors (Lipinski definition) is 6. The van der Waals surface area contributed by atoms with Crippen LogP contribution in [0.1, 0.15) is 22.3 Å². The first-order chi connectivity index (χ1) is 14.4. The van der Waals surface area contributed by atoms with E-state index in [1.54, 1.807) is 4.90 Å². The number of benzene rings is 2. The molecule has 1 fully saturated rings. The maximum atomic E-state index is 13.2. The molecule has 1 unspecified atom stereocenters. The second-order valence-corrected chi connectivity index (χ2v) is 8.55. The van der Waals surface area contributed by atoms with Crippen molar-refractivity contribution in [2.45, 2.75) is 23.6 Å². The lowest BCUT2D eigenvalue weighted by atomic mass is 10.1. The average Bonchev–Trinajstić information content (AvgIpc) is 3.12. The van der Waals surface area contributed by atoms with Gasteiger partial charge in [-0.15, -0.1) is 0 Å². The molecule has 1 aliphatic rings. The lowest BCUT2D eigenvalue weighted by Gasteiger charge is -2.23. The normalized spacial score (nSPS) is 16.9. The maximum absolute atomic E-state index is 13.2. The van der Waals surface area contributed by atoms with Crippen LogP contribution in [0.25, 0.3) is 0 Å². The first-order valence-electron chi connectivity index (χ1n) is 9.01. The highest BCUT2D eigenvalue weighted by atomic mass is 32.2. The molecule has 8 nitrogen and oxygen atoms in total. The van der Waals surface area contributed by atoms with E-state index in [0.29, 0.717) is 19.0 Å². The molecule has 0 saturated carbocycles. The fraction of sp³-hybridized carbons (Fsp3) is 0.316. The number of alkyl halides is 3. The highest BCUT2D eigenvalue weighted by Crippen LogP contribution is 2.38. The van der Waals surface area contributed by atoms with Crippen molar-refractivity contribution >= 4 is 27.4 Å². The van der Waals surface area contributed by atoms with Crippen molar-refractivity contribution in [1.29, 1.82) is 0 Å². The van der Waals surface area contributed by atoms with Crippen molar-refractivity contribution in [3.63, 3.8) is 0 Å². The van der Waals surface area contributed by atoms with Crippen LogP contribution in [-0.2, 0) is 16.2 Å². The molecule has 2 aromatic rings. The molecule has 31 heavy (non-hydrogen) atoms. The molecule has 3 N–H and O–H groups in total. The van der Waals surface area contributed by atoms with Crippen molar-refractivity contribution in [1.82, 2.24) is 0 Å². The van der Waals surface area contributed by atoms with E-state index in [1.165, 1.54) is 7.11 Å². The summed E-state index contributed by atoms with van der Waals surface area (Å²) in [6.45, 7) is 0.441. The minimum atomic E-state index is -4.72. The van der Waals surface area contributed by atoms with Gasteiger partial charge in [-0.05, 0) is 42.8 Å².